The highest BCUT2D eigenvalue weighted by molar-refractivity contribution is 6.32. The molecule has 0 aliphatic carbocycles. The molecule has 22 heavy (non-hydrogen) atoms. The van der Waals surface area contributed by atoms with Crippen LogP contribution in [0.3, 0.4) is 0 Å². The number of hydrogen-bond donors (Lipinski definition) is 3. The van der Waals surface area contributed by atoms with E-state index in [-0.39, 0.29) is 11.7 Å². The van der Waals surface area contributed by atoms with E-state index in [2.05, 4.69) is 27.4 Å². The first-order chi connectivity index (χ1) is 10.5. The molecule has 1 aliphatic rings. The summed E-state index contributed by atoms with van der Waals surface area (Å²) in [6.07, 6.45) is 3.30. The second-order valence-electron chi connectivity index (χ2n) is 5.81. The minimum atomic E-state index is -0.580. The van der Waals surface area contributed by atoms with E-state index in [0.717, 1.165) is 19.0 Å². The number of nitrogens with zero attached hydrogens (tertiary/aromatic N) is 2. The van der Waals surface area contributed by atoms with E-state index in [4.69, 9.17) is 11.6 Å². The van der Waals surface area contributed by atoms with E-state index >= 15 is 0 Å². The van der Waals surface area contributed by atoms with Crippen LogP contribution in [0.4, 0.5) is 10.5 Å². The first kappa shape index (κ1) is 17.0. The Morgan fingerprint density at radius 2 is 2.27 bits per heavy atom. The molecule has 6 nitrogen and oxygen atoms in total. The summed E-state index contributed by atoms with van der Waals surface area (Å²) in [5.41, 5.74) is 0.446. The number of aromatic nitrogens is 1. The maximum absolute atomic E-state index is 11.8. The molecule has 7 heteroatoms. The Kier molecular flexibility index (Phi) is 6.42. The number of hydrogen-bond acceptors (Lipinski definition) is 4. The molecule has 2 rings (SSSR count). The van der Waals surface area contributed by atoms with E-state index in [1.165, 1.54) is 12.8 Å². The molecule has 1 aliphatic heterocycles. The van der Waals surface area contributed by atoms with Crippen molar-refractivity contribution in [2.24, 2.45) is 5.92 Å². The maximum atomic E-state index is 11.8. The second-order valence-corrected chi connectivity index (χ2v) is 6.17. The third-order valence-electron chi connectivity index (χ3n) is 3.85. The zero-order valence-electron chi connectivity index (χ0n) is 12.8. The van der Waals surface area contributed by atoms with Crippen LogP contribution in [0.5, 0.6) is 0 Å². The van der Waals surface area contributed by atoms with Crippen LogP contribution in [0.15, 0.2) is 18.3 Å². The quantitative estimate of drug-likeness (QED) is 0.723. The molecule has 3 N–H and O–H groups in total. The molecule has 0 bridgehead atoms. The number of aliphatic hydroxyl groups excluding tert-OH is 1. The van der Waals surface area contributed by atoms with Crippen molar-refractivity contribution >= 4 is 23.3 Å². The lowest BCUT2D eigenvalue weighted by atomic mass is 9.99. The Balaban J connectivity index is 1.68. The van der Waals surface area contributed by atoms with Crippen molar-refractivity contribution in [2.75, 3.05) is 31.5 Å². The lowest BCUT2D eigenvalue weighted by molar-refractivity contribution is 0.0924. The minimum Gasteiger partial charge on any atom is -0.390 e. The third-order valence-corrected chi connectivity index (χ3v) is 4.15. The van der Waals surface area contributed by atoms with Gasteiger partial charge in [0.15, 0.2) is 5.15 Å². The number of carbonyl (C=O) groups excluding carboxylic acids is 1. The lowest BCUT2D eigenvalue weighted by Gasteiger charge is -2.31. The number of urea groups is 1. The highest BCUT2D eigenvalue weighted by Gasteiger charge is 2.18. The zero-order chi connectivity index (χ0) is 15.9. The van der Waals surface area contributed by atoms with E-state index < -0.39 is 12.1 Å². The summed E-state index contributed by atoms with van der Waals surface area (Å²) < 4.78 is 0. The first-order valence-corrected chi connectivity index (χ1v) is 7.98. The van der Waals surface area contributed by atoms with Gasteiger partial charge < -0.3 is 20.6 Å². The molecule has 0 aromatic carbocycles. The van der Waals surface area contributed by atoms with Crippen molar-refractivity contribution < 1.29 is 9.90 Å². The predicted octanol–water partition coefficient (Wildman–Crippen LogP) is 1.95. The fourth-order valence-corrected chi connectivity index (χ4v) is 2.63. The number of aliphatic hydroxyl groups is 1. The van der Waals surface area contributed by atoms with Crippen molar-refractivity contribution in [1.82, 2.24) is 15.2 Å². The van der Waals surface area contributed by atoms with Crippen LogP contribution in [0.25, 0.3) is 0 Å². The second kappa shape index (κ2) is 8.31. The van der Waals surface area contributed by atoms with Crippen molar-refractivity contribution in [3.8, 4) is 0 Å². The van der Waals surface area contributed by atoms with Crippen LogP contribution in [0, 0.1) is 5.92 Å². The minimum absolute atomic E-state index is 0.204. The summed E-state index contributed by atoms with van der Waals surface area (Å²) in [6, 6.07) is 2.95. The average molecular weight is 327 g/mol. The number of pyridine rings is 1. The number of carbonyl (C=O) groups is 1. The van der Waals surface area contributed by atoms with Gasteiger partial charge in [-0.05, 0) is 44.0 Å². The number of anilines is 1. The third kappa shape index (κ3) is 5.44. The van der Waals surface area contributed by atoms with Crippen LogP contribution in [-0.2, 0) is 0 Å². The number of β-amino-alcohol motifs (C(OH)–C–C–N with tert-alkyl or cyclic N) is 1. The van der Waals surface area contributed by atoms with Crippen molar-refractivity contribution in [1.29, 1.82) is 0 Å². The van der Waals surface area contributed by atoms with Gasteiger partial charge in [-0.25, -0.2) is 9.78 Å². The van der Waals surface area contributed by atoms with Crippen molar-refractivity contribution in [3.63, 3.8) is 0 Å². The lowest BCUT2D eigenvalue weighted by Crippen LogP contribution is -2.43. The Morgan fingerprint density at radius 1 is 1.55 bits per heavy atom. The van der Waals surface area contributed by atoms with Crippen LogP contribution < -0.4 is 10.6 Å². The monoisotopic (exact) mass is 326 g/mol. The molecule has 122 valence electrons. The summed E-state index contributed by atoms with van der Waals surface area (Å²) in [5.74, 6) is 0.765. The molecule has 1 saturated heterocycles. The Bertz CT molecular complexity index is 492. The fourth-order valence-electron chi connectivity index (χ4n) is 2.46. The number of amides is 2. The number of piperidine rings is 1. The molecule has 1 aromatic heterocycles. The topological polar surface area (TPSA) is 77.5 Å². The van der Waals surface area contributed by atoms with Gasteiger partial charge in [0.1, 0.15) is 0 Å². The van der Waals surface area contributed by atoms with Gasteiger partial charge in [0.05, 0.1) is 11.8 Å². The zero-order valence-corrected chi connectivity index (χ0v) is 13.5. The van der Waals surface area contributed by atoms with Crippen LogP contribution in [0.1, 0.15) is 19.8 Å². The summed E-state index contributed by atoms with van der Waals surface area (Å²) in [6.45, 7) is 5.06. The molecule has 2 amide bonds. The van der Waals surface area contributed by atoms with Gasteiger partial charge in [0.2, 0.25) is 0 Å². The largest absolute Gasteiger partial charge is 0.390 e. The number of likely N-dealkylation sites (tertiary alicyclic amines) is 1. The molecular formula is C15H23ClN4O2. The highest BCUT2D eigenvalue weighted by Crippen LogP contribution is 2.17. The molecule has 1 aromatic rings. The van der Waals surface area contributed by atoms with E-state index in [1.54, 1.807) is 18.3 Å². The van der Waals surface area contributed by atoms with E-state index in [1.807, 2.05) is 0 Å². The van der Waals surface area contributed by atoms with Gasteiger partial charge in [-0.1, -0.05) is 18.5 Å². The molecule has 1 atom stereocenters. The molecule has 0 radical (unpaired) electrons. The smallest absolute Gasteiger partial charge is 0.319 e. The van der Waals surface area contributed by atoms with E-state index in [9.17, 15) is 9.90 Å². The Labute approximate surface area is 135 Å². The number of rotatable bonds is 5. The molecule has 1 fully saturated rings. The SMILES string of the molecule is CC1CCN(CC(O)CNC(=O)Nc2cccnc2Cl)CC1. The molecular weight excluding hydrogens is 304 g/mol. The van der Waals surface area contributed by atoms with Gasteiger partial charge in [-0.2, -0.15) is 0 Å². The van der Waals surface area contributed by atoms with Crippen LogP contribution >= 0.6 is 11.6 Å². The summed E-state index contributed by atoms with van der Waals surface area (Å²) in [4.78, 5) is 17.9. The van der Waals surface area contributed by atoms with Crippen molar-refractivity contribution in [2.45, 2.75) is 25.9 Å². The predicted molar refractivity (Wildman–Crippen MR) is 87.1 cm³/mol. The molecule has 0 spiro atoms. The number of halogens is 1. The highest BCUT2D eigenvalue weighted by atomic mass is 35.5. The van der Waals surface area contributed by atoms with Gasteiger partial charge in [-0.15, -0.1) is 0 Å². The van der Waals surface area contributed by atoms with Crippen molar-refractivity contribution in [3.05, 3.63) is 23.5 Å². The van der Waals surface area contributed by atoms with E-state index in [0.29, 0.717) is 12.2 Å². The summed E-state index contributed by atoms with van der Waals surface area (Å²) in [7, 11) is 0. The molecule has 1 unspecified atom stereocenters. The van der Waals surface area contributed by atoms with Gasteiger partial charge in [0.25, 0.3) is 0 Å². The molecule has 2 heterocycles. The van der Waals surface area contributed by atoms with Gasteiger partial charge >= 0.3 is 6.03 Å². The first-order valence-electron chi connectivity index (χ1n) is 7.60. The van der Waals surface area contributed by atoms with Gasteiger partial charge in [-0.3, -0.25) is 0 Å². The Hall–Kier alpha value is -1.37. The normalized spacial score (nSPS) is 18.0. The van der Waals surface area contributed by atoms with Crippen LogP contribution in [-0.4, -0.2) is 53.3 Å². The van der Waals surface area contributed by atoms with Crippen LogP contribution in [0.2, 0.25) is 5.15 Å². The van der Waals surface area contributed by atoms with Gasteiger partial charge in [0, 0.05) is 19.3 Å². The summed E-state index contributed by atoms with van der Waals surface area (Å²) >= 11 is 5.86. The molecule has 0 saturated carbocycles. The summed E-state index contributed by atoms with van der Waals surface area (Å²) in [5, 5.41) is 15.5. The standard InChI is InChI=1S/C15H23ClN4O2/c1-11-4-7-20(8-5-11)10-12(21)9-18-15(22)19-13-3-2-6-17-14(13)16/h2-3,6,11-12,21H,4-5,7-10H2,1H3,(H2,18,19,22). The maximum Gasteiger partial charge on any atom is 0.319 e. The average Bonchev–Trinajstić information content (AvgIpc) is 2.50. The number of nitrogens with one attached hydrogen (secondary N) is 2. The fraction of sp³-hybridized carbons (Fsp3) is 0.600. The Morgan fingerprint density at radius 3 is 2.95 bits per heavy atom.